The summed E-state index contributed by atoms with van der Waals surface area (Å²) in [5, 5.41) is 8.98. The van der Waals surface area contributed by atoms with Crippen LogP contribution in [0.4, 0.5) is 0 Å². The molecule has 1 unspecified atom stereocenters. The first kappa shape index (κ1) is 12.9. The van der Waals surface area contributed by atoms with Gasteiger partial charge in [-0.15, -0.1) is 0 Å². The van der Waals surface area contributed by atoms with Crippen LogP contribution in [-0.2, 0) is 9.59 Å². The largest absolute Gasteiger partial charge is 0.481 e. The molecular weight excluding hydrogens is 182 g/mol. The van der Waals surface area contributed by atoms with Crippen molar-refractivity contribution in [2.45, 2.75) is 40.2 Å². The summed E-state index contributed by atoms with van der Waals surface area (Å²) in [7, 11) is 1.64. The third-order valence-electron chi connectivity index (χ3n) is 2.87. The lowest BCUT2D eigenvalue weighted by Crippen LogP contribution is -2.47. The fraction of sp³-hybridized carbons (Fsp3) is 0.800. The third-order valence-corrected chi connectivity index (χ3v) is 2.87. The molecule has 0 heterocycles. The predicted molar refractivity (Wildman–Crippen MR) is 53.9 cm³/mol. The van der Waals surface area contributed by atoms with Gasteiger partial charge >= 0.3 is 5.97 Å². The number of amides is 1. The molecule has 0 rings (SSSR count). The first-order chi connectivity index (χ1) is 6.25. The summed E-state index contributed by atoms with van der Waals surface area (Å²) < 4.78 is 0. The van der Waals surface area contributed by atoms with E-state index < -0.39 is 11.4 Å². The van der Waals surface area contributed by atoms with Gasteiger partial charge in [-0.2, -0.15) is 0 Å². The molecule has 1 N–H and O–H groups in total. The van der Waals surface area contributed by atoms with Crippen molar-refractivity contribution < 1.29 is 14.7 Å². The Kier molecular flexibility index (Phi) is 4.10. The molecule has 0 radical (unpaired) electrons. The Morgan fingerprint density at radius 3 is 2.14 bits per heavy atom. The van der Waals surface area contributed by atoms with Gasteiger partial charge < -0.3 is 10.0 Å². The van der Waals surface area contributed by atoms with Crippen molar-refractivity contribution in [2.24, 2.45) is 5.41 Å². The molecule has 14 heavy (non-hydrogen) atoms. The zero-order chi connectivity index (χ0) is 11.5. The number of carboxylic acid groups (broad SMARTS) is 1. The molecule has 0 aromatic heterocycles. The summed E-state index contributed by atoms with van der Waals surface area (Å²) in [6.07, 6.45) is 0.399. The van der Waals surface area contributed by atoms with E-state index in [-0.39, 0.29) is 11.9 Å². The van der Waals surface area contributed by atoms with E-state index in [2.05, 4.69) is 0 Å². The molecule has 0 aromatic carbocycles. The van der Waals surface area contributed by atoms with Gasteiger partial charge in [0.05, 0.1) is 5.41 Å². The van der Waals surface area contributed by atoms with Crippen molar-refractivity contribution in [2.75, 3.05) is 7.05 Å². The summed E-state index contributed by atoms with van der Waals surface area (Å²) in [6.45, 7) is 6.76. The normalized spacial score (nSPS) is 13.5. The smallest absolute Gasteiger partial charge is 0.311 e. The van der Waals surface area contributed by atoms with Crippen LogP contribution in [0.3, 0.4) is 0 Å². The van der Waals surface area contributed by atoms with Crippen LogP contribution < -0.4 is 0 Å². The molecule has 0 saturated heterocycles. The van der Waals surface area contributed by atoms with Gasteiger partial charge in [0.15, 0.2) is 0 Å². The van der Waals surface area contributed by atoms with Gasteiger partial charge in [-0.3, -0.25) is 9.59 Å². The van der Waals surface area contributed by atoms with Crippen molar-refractivity contribution >= 4 is 11.9 Å². The quantitative estimate of drug-likeness (QED) is 0.747. The van der Waals surface area contributed by atoms with Crippen LogP contribution in [0.25, 0.3) is 0 Å². The summed E-state index contributed by atoms with van der Waals surface area (Å²) in [4.78, 5) is 23.8. The van der Waals surface area contributed by atoms with Crippen molar-refractivity contribution in [3.8, 4) is 0 Å². The molecule has 0 aliphatic carbocycles. The number of hydrogen-bond donors (Lipinski definition) is 1. The molecule has 0 spiro atoms. The molecule has 82 valence electrons. The Morgan fingerprint density at radius 1 is 1.43 bits per heavy atom. The Balaban J connectivity index is 4.69. The van der Waals surface area contributed by atoms with Crippen molar-refractivity contribution in [1.29, 1.82) is 0 Å². The monoisotopic (exact) mass is 201 g/mol. The minimum Gasteiger partial charge on any atom is -0.481 e. The van der Waals surface area contributed by atoms with Crippen LogP contribution in [0.1, 0.15) is 34.1 Å². The SMILES string of the molecule is CCC(=O)N(C)C(C)C(C)(C)C(=O)O. The minimum absolute atomic E-state index is 0.0353. The molecule has 0 fully saturated rings. The molecule has 4 heteroatoms. The maximum Gasteiger partial charge on any atom is 0.311 e. The number of nitrogens with zero attached hydrogens (tertiary/aromatic N) is 1. The van der Waals surface area contributed by atoms with Crippen molar-refractivity contribution in [1.82, 2.24) is 4.90 Å². The standard InChI is InChI=1S/C10H19NO3/c1-6-8(12)11(5)7(2)10(3,4)9(13)14/h7H,6H2,1-5H3,(H,13,14). The highest BCUT2D eigenvalue weighted by molar-refractivity contribution is 5.79. The van der Waals surface area contributed by atoms with Crippen LogP contribution in [0.15, 0.2) is 0 Å². The Bertz CT molecular complexity index is 236. The second-order valence-corrected chi connectivity index (χ2v) is 4.06. The summed E-state index contributed by atoms with van der Waals surface area (Å²) in [5.41, 5.74) is -0.917. The zero-order valence-electron chi connectivity index (χ0n) is 9.50. The lowest BCUT2D eigenvalue weighted by Gasteiger charge is -2.34. The molecular formula is C10H19NO3. The number of hydrogen-bond acceptors (Lipinski definition) is 2. The predicted octanol–water partition coefficient (Wildman–Crippen LogP) is 1.35. The second kappa shape index (κ2) is 4.44. The van der Waals surface area contributed by atoms with E-state index >= 15 is 0 Å². The maximum atomic E-state index is 11.4. The summed E-state index contributed by atoms with van der Waals surface area (Å²) >= 11 is 0. The van der Waals surface area contributed by atoms with Crippen LogP contribution in [0.2, 0.25) is 0 Å². The van der Waals surface area contributed by atoms with Crippen LogP contribution in [-0.4, -0.2) is 35.0 Å². The first-order valence-corrected chi connectivity index (χ1v) is 4.74. The average Bonchev–Trinajstić information content (AvgIpc) is 2.13. The summed E-state index contributed by atoms with van der Waals surface area (Å²) in [6, 6.07) is -0.313. The summed E-state index contributed by atoms with van der Waals surface area (Å²) in [5.74, 6) is -0.924. The number of carbonyl (C=O) groups excluding carboxylic acids is 1. The molecule has 0 bridgehead atoms. The number of carbonyl (C=O) groups is 2. The zero-order valence-corrected chi connectivity index (χ0v) is 9.50. The van der Waals surface area contributed by atoms with Gasteiger partial charge in [-0.1, -0.05) is 6.92 Å². The average molecular weight is 201 g/mol. The van der Waals surface area contributed by atoms with Gasteiger partial charge in [0.25, 0.3) is 0 Å². The molecule has 0 saturated carbocycles. The van der Waals surface area contributed by atoms with E-state index in [9.17, 15) is 9.59 Å². The van der Waals surface area contributed by atoms with Gasteiger partial charge in [0.2, 0.25) is 5.91 Å². The van der Waals surface area contributed by atoms with E-state index in [0.717, 1.165) is 0 Å². The molecule has 0 aliphatic heterocycles. The number of aliphatic carboxylic acids is 1. The Hall–Kier alpha value is -1.06. The maximum absolute atomic E-state index is 11.4. The van der Waals surface area contributed by atoms with Crippen LogP contribution in [0.5, 0.6) is 0 Å². The van der Waals surface area contributed by atoms with E-state index in [4.69, 9.17) is 5.11 Å². The van der Waals surface area contributed by atoms with E-state index in [1.54, 1.807) is 34.7 Å². The Labute approximate surface area is 84.9 Å². The lowest BCUT2D eigenvalue weighted by molar-refractivity contribution is -0.152. The highest BCUT2D eigenvalue weighted by atomic mass is 16.4. The second-order valence-electron chi connectivity index (χ2n) is 4.06. The van der Waals surface area contributed by atoms with Crippen molar-refractivity contribution in [3.63, 3.8) is 0 Å². The number of carboxylic acids is 1. The van der Waals surface area contributed by atoms with Gasteiger partial charge in [-0.05, 0) is 20.8 Å². The molecule has 4 nitrogen and oxygen atoms in total. The van der Waals surface area contributed by atoms with Gasteiger partial charge in [0, 0.05) is 19.5 Å². The number of rotatable bonds is 4. The lowest BCUT2D eigenvalue weighted by atomic mass is 9.84. The fourth-order valence-electron chi connectivity index (χ4n) is 1.13. The van der Waals surface area contributed by atoms with E-state index in [0.29, 0.717) is 6.42 Å². The minimum atomic E-state index is -0.917. The highest BCUT2D eigenvalue weighted by Gasteiger charge is 2.37. The van der Waals surface area contributed by atoms with E-state index in [1.807, 2.05) is 0 Å². The van der Waals surface area contributed by atoms with Crippen LogP contribution >= 0.6 is 0 Å². The fourth-order valence-corrected chi connectivity index (χ4v) is 1.13. The third kappa shape index (κ3) is 2.47. The van der Waals surface area contributed by atoms with Crippen LogP contribution in [0, 0.1) is 5.41 Å². The Morgan fingerprint density at radius 2 is 1.86 bits per heavy atom. The van der Waals surface area contributed by atoms with Gasteiger partial charge in [-0.25, -0.2) is 0 Å². The molecule has 1 atom stereocenters. The highest BCUT2D eigenvalue weighted by Crippen LogP contribution is 2.24. The first-order valence-electron chi connectivity index (χ1n) is 4.74. The van der Waals surface area contributed by atoms with Crippen molar-refractivity contribution in [3.05, 3.63) is 0 Å². The van der Waals surface area contributed by atoms with E-state index in [1.165, 1.54) is 4.90 Å². The molecule has 0 aromatic rings. The van der Waals surface area contributed by atoms with Gasteiger partial charge in [0.1, 0.15) is 0 Å². The molecule has 0 aliphatic rings. The topological polar surface area (TPSA) is 57.6 Å². The molecule has 1 amide bonds.